The van der Waals surface area contributed by atoms with Gasteiger partial charge in [0.2, 0.25) is 0 Å². The van der Waals surface area contributed by atoms with E-state index < -0.39 is 10.0 Å². The van der Waals surface area contributed by atoms with Crippen molar-refractivity contribution < 1.29 is 13.2 Å². The van der Waals surface area contributed by atoms with Crippen molar-refractivity contribution in [3.05, 3.63) is 94.0 Å². The highest BCUT2D eigenvalue weighted by Crippen LogP contribution is 2.23. The molecule has 3 aromatic carbocycles. The van der Waals surface area contributed by atoms with E-state index in [-0.39, 0.29) is 16.8 Å². The summed E-state index contributed by atoms with van der Waals surface area (Å²) >= 11 is 5.82. The highest BCUT2D eigenvalue weighted by atomic mass is 35.5. The fourth-order valence-electron chi connectivity index (χ4n) is 3.17. The van der Waals surface area contributed by atoms with Gasteiger partial charge in [-0.1, -0.05) is 35.9 Å². The average molecular weight is 443 g/mol. The molecule has 30 heavy (non-hydrogen) atoms. The second kappa shape index (κ2) is 8.90. The highest BCUT2D eigenvalue weighted by Gasteiger charge is 2.17. The molecule has 0 aliphatic carbocycles. The molecule has 156 valence electrons. The fourth-order valence-corrected chi connectivity index (χ4v) is 4.42. The summed E-state index contributed by atoms with van der Waals surface area (Å²) in [6, 6.07) is 18.5. The number of anilines is 1. The van der Waals surface area contributed by atoms with Crippen LogP contribution in [0.5, 0.6) is 0 Å². The topological polar surface area (TPSA) is 75.3 Å². The minimum Gasteiger partial charge on any atom is -0.346 e. The van der Waals surface area contributed by atoms with Crippen LogP contribution in [-0.2, 0) is 10.0 Å². The Balaban J connectivity index is 1.75. The smallest absolute Gasteiger partial charge is 0.261 e. The van der Waals surface area contributed by atoms with Gasteiger partial charge in [0.05, 0.1) is 16.6 Å². The Bertz CT molecular complexity index is 1180. The number of benzene rings is 3. The Kier molecular flexibility index (Phi) is 6.48. The zero-order valence-corrected chi connectivity index (χ0v) is 18.5. The van der Waals surface area contributed by atoms with Gasteiger partial charge in [0, 0.05) is 10.6 Å². The van der Waals surface area contributed by atoms with Crippen molar-refractivity contribution >= 4 is 33.2 Å². The molecule has 0 fully saturated rings. The van der Waals surface area contributed by atoms with E-state index in [9.17, 15) is 13.2 Å². The van der Waals surface area contributed by atoms with Crippen molar-refractivity contribution in [3.8, 4) is 0 Å². The molecule has 0 aliphatic rings. The maximum atomic E-state index is 12.7. The summed E-state index contributed by atoms with van der Waals surface area (Å²) < 4.78 is 27.7. The van der Waals surface area contributed by atoms with Crippen molar-refractivity contribution in [1.82, 2.24) is 5.32 Å². The molecule has 0 heterocycles. The molecular formula is C23H23ClN2O3S. The van der Waals surface area contributed by atoms with E-state index in [0.29, 0.717) is 21.8 Å². The van der Waals surface area contributed by atoms with Crippen LogP contribution >= 0.6 is 11.6 Å². The first-order valence-corrected chi connectivity index (χ1v) is 11.3. The standard InChI is InChI=1S/C23H23ClN2O3S/c1-15-6-4-5-7-21(15)17(3)25-23(27)18-8-13-22(16(2)14-18)26-30(28,29)20-11-9-19(24)10-12-20/h4-14,17,26H,1-3H3,(H,25,27)/t17-/m1/s1. The Morgan fingerprint density at radius 1 is 0.933 bits per heavy atom. The Labute approximate surface area is 182 Å². The van der Waals surface area contributed by atoms with Crippen LogP contribution in [0.4, 0.5) is 5.69 Å². The Morgan fingerprint density at radius 3 is 2.23 bits per heavy atom. The first-order valence-electron chi connectivity index (χ1n) is 9.43. The van der Waals surface area contributed by atoms with E-state index in [2.05, 4.69) is 10.0 Å². The van der Waals surface area contributed by atoms with E-state index >= 15 is 0 Å². The molecule has 7 heteroatoms. The van der Waals surface area contributed by atoms with Gasteiger partial charge in [-0.15, -0.1) is 0 Å². The van der Waals surface area contributed by atoms with E-state index in [1.807, 2.05) is 38.1 Å². The molecule has 1 atom stereocenters. The SMILES string of the molecule is Cc1cc(C(=O)N[C@H](C)c2ccccc2C)ccc1NS(=O)(=O)c1ccc(Cl)cc1. The lowest BCUT2D eigenvalue weighted by Gasteiger charge is -2.17. The van der Waals surface area contributed by atoms with E-state index in [1.54, 1.807) is 25.1 Å². The number of hydrogen-bond donors (Lipinski definition) is 2. The molecule has 0 aromatic heterocycles. The van der Waals surface area contributed by atoms with Gasteiger partial charge in [-0.3, -0.25) is 9.52 Å². The summed E-state index contributed by atoms with van der Waals surface area (Å²) in [5.41, 5.74) is 3.67. The minimum absolute atomic E-state index is 0.111. The predicted octanol–water partition coefficient (Wildman–Crippen LogP) is 5.25. The van der Waals surface area contributed by atoms with Gasteiger partial charge in [-0.25, -0.2) is 8.42 Å². The minimum atomic E-state index is -3.75. The van der Waals surface area contributed by atoms with Gasteiger partial charge >= 0.3 is 0 Å². The molecule has 2 N–H and O–H groups in total. The van der Waals surface area contributed by atoms with Gasteiger partial charge in [0.15, 0.2) is 0 Å². The van der Waals surface area contributed by atoms with Gasteiger partial charge in [0.25, 0.3) is 15.9 Å². The molecule has 0 saturated heterocycles. The molecule has 0 saturated carbocycles. The molecule has 0 aliphatic heterocycles. The van der Waals surface area contributed by atoms with Crippen LogP contribution in [0.25, 0.3) is 0 Å². The third-order valence-electron chi connectivity index (χ3n) is 4.86. The number of carbonyl (C=O) groups excluding carboxylic acids is 1. The quantitative estimate of drug-likeness (QED) is 0.547. The van der Waals surface area contributed by atoms with E-state index in [4.69, 9.17) is 11.6 Å². The molecule has 5 nitrogen and oxygen atoms in total. The predicted molar refractivity (Wildman–Crippen MR) is 120 cm³/mol. The molecular weight excluding hydrogens is 420 g/mol. The normalized spacial score (nSPS) is 12.3. The number of hydrogen-bond acceptors (Lipinski definition) is 3. The zero-order chi connectivity index (χ0) is 21.9. The fraction of sp³-hybridized carbons (Fsp3) is 0.174. The number of nitrogens with one attached hydrogen (secondary N) is 2. The van der Waals surface area contributed by atoms with Gasteiger partial charge < -0.3 is 5.32 Å². The van der Waals surface area contributed by atoms with Crippen LogP contribution in [0, 0.1) is 13.8 Å². The van der Waals surface area contributed by atoms with Crippen LogP contribution in [0.2, 0.25) is 5.02 Å². The third-order valence-corrected chi connectivity index (χ3v) is 6.49. The molecule has 1 amide bonds. The molecule has 0 spiro atoms. The largest absolute Gasteiger partial charge is 0.346 e. The van der Waals surface area contributed by atoms with Crippen molar-refractivity contribution in [3.63, 3.8) is 0 Å². The van der Waals surface area contributed by atoms with Gasteiger partial charge in [-0.2, -0.15) is 0 Å². The van der Waals surface area contributed by atoms with Crippen LogP contribution in [0.3, 0.4) is 0 Å². The first kappa shape index (κ1) is 21.9. The van der Waals surface area contributed by atoms with Crippen molar-refractivity contribution in [2.75, 3.05) is 4.72 Å². The molecule has 0 unspecified atom stereocenters. The number of aryl methyl sites for hydroxylation is 2. The Morgan fingerprint density at radius 2 is 1.60 bits per heavy atom. The average Bonchev–Trinajstić information content (AvgIpc) is 2.70. The molecule has 3 rings (SSSR count). The second-order valence-electron chi connectivity index (χ2n) is 7.14. The summed E-state index contributed by atoms with van der Waals surface area (Å²) in [4.78, 5) is 12.8. The molecule has 0 radical (unpaired) electrons. The van der Waals surface area contributed by atoms with Crippen molar-refractivity contribution in [2.24, 2.45) is 0 Å². The lowest BCUT2D eigenvalue weighted by Crippen LogP contribution is -2.27. The summed E-state index contributed by atoms with van der Waals surface area (Å²) in [6.45, 7) is 5.69. The van der Waals surface area contributed by atoms with E-state index in [1.165, 1.54) is 24.3 Å². The number of halogens is 1. The lowest BCUT2D eigenvalue weighted by atomic mass is 10.0. The van der Waals surface area contributed by atoms with Crippen molar-refractivity contribution in [2.45, 2.75) is 31.7 Å². The maximum absolute atomic E-state index is 12.7. The van der Waals surface area contributed by atoms with Gasteiger partial charge in [0.1, 0.15) is 0 Å². The van der Waals surface area contributed by atoms with Crippen LogP contribution in [0.1, 0.15) is 40.0 Å². The maximum Gasteiger partial charge on any atom is 0.261 e. The van der Waals surface area contributed by atoms with Crippen molar-refractivity contribution in [1.29, 1.82) is 0 Å². The molecule has 0 bridgehead atoms. The lowest BCUT2D eigenvalue weighted by molar-refractivity contribution is 0.0939. The number of carbonyl (C=O) groups is 1. The monoisotopic (exact) mass is 442 g/mol. The third kappa shape index (κ3) is 5.01. The zero-order valence-electron chi connectivity index (χ0n) is 16.9. The van der Waals surface area contributed by atoms with Gasteiger partial charge in [-0.05, 0) is 79.9 Å². The highest BCUT2D eigenvalue weighted by molar-refractivity contribution is 7.92. The number of sulfonamides is 1. The van der Waals surface area contributed by atoms with Crippen LogP contribution < -0.4 is 10.0 Å². The molecule has 3 aromatic rings. The first-order chi connectivity index (χ1) is 14.2. The van der Waals surface area contributed by atoms with Crippen LogP contribution in [0.15, 0.2) is 71.6 Å². The summed E-state index contributed by atoms with van der Waals surface area (Å²) in [5.74, 6) is -0.221. The van der Waals surface area contributed by atoms with Crippen LogP contribution in [-0.4, -0.2) is 14.3 Å². The summed E-state index contributed by atoms with van der Waals surface area (Å²) in [5, 5.41) is 3.45. The number of rotatable bonds is 6. The second-order valence-corrected chi connectivity index (χ2v) is 9.26. The van der Waals surface area contributed by atoms with E-state index in [0.717, 1.165) is 11.1 Å². The Hall–Kier alpha value is -2.83. The number of amides is 1. The summed E-state index contributed by atoms with van der Waals surface area (Å²) in [7, 11) is -3.75. The summed E-state index contributed by atoms with van der Waals surface area (Å²) in [6.07, 6.45) is 0.